The predicted molar refractivity (Wildman–Crippen MR) is 507 cm³/mol. The minimum absolute atomic E-state index is 0. The first-order chi connectivity index (χ1) is 62.6. The van der Waals surface area contributed by atoms with Crippen molar-refractivity contribution in [1.29, 1.82) is 0 Å². The molecule has 0 aliphatic carbocycles. The monoisotopic (exact) mass is 2400 g/mol. The van der Waals surface area contributed by atoms with Crippen molar-refractivity contribution in [3.8, 4) is 0 Å². The smallest absolute Gasteiger partial charge is 0.126 e. The molecule has 0 N–H and O–H groups in total. The van der Waals surface area contributed by atoms with Gasteiger partial charge in [-0.15, -0.1) is 74.1 Å². The summed E-state index contributed by atoms with van der Waals surface area (Å²) in [6, 6.07) is 153. The van der Waals surface area contributed by atoms with Gasteiger partial charge in [-0.3, -0.25) is 0 Å². The van der Waals surface area contributed by atoms with Crippen molar-refractivity contribution in [2.24, 2.45) is 0 Å². The Hall–Kier alpha value is -14.3. The van der Waals surface area contributed by atoms with Crippen molar-refractivity contribution in [1.82, 2.24) is 29.9 Å². The van der Waals surface area contributed by atoms with Gasteiger partial charge in [0.05, 0.1) is 34.1 Å². The first-order valence-corrected chi connectivity index (χ1v) is 41.0. The molecule has 6 aromatic heterocycles. The Morgan fingerprint density at radius 1 is 0.146 bits per heavy atom. The number of aromatic nitrogens is 6. The summed E-state index contributed by atoms with van der Waals surface area (Å²) in [5.74, 6) is 5.55. The Morgan fingerprint density at radius 3 is 0.485 bits per heavy atom. The molecule has 648 valence electrons. The van der Waals surface area contributed by atoms with Crippen LogP contribution in [-0.2, 0) is 80.4 Å². The molecular weight excluding hydrogens is 2320 g/mol. The molecule has 12 heterocycles. The standard InChI is InChI=1S/6C18H13N3.4Ir/c6*1-3-8-15(9-4-1)20-14-21(16-10-5-2-6-11-16)18-17(20)12-7-13-19-18;;;;/h3*1-8,10-14H;3*1-10,12-14H;;;;/q6*-2;;;;. The molecule has 18 nitrogen and oxygen atoms in total. The Bertz CT molecular complexity index is 5110. The van der Waals surface area contributed by atoms with Gasteiger partial charge in [0.2, 0.25) is 0 Å². The number of fused-ring (bicyclic) bond motifs is 6. The van der Waals surface area contributed by atoms with Gasteiger partial charge in [0.25, 0.3) is 0 Å². The SMILES string of the molecule is [Ir].[Ir].[Ir].[Ir].[c-]1ccccc1N1[CH-]N(c2ccccc2)c2cccnc21.[c-]1ccccc1N1[CH-]N(c2ccccc2)c2cccnc21.[c-]1ccccc1N1[CH-]N(c2ccccc2)c2cccnc21.[c-]1ccccc1N1[CH-]N(c2ccccc2)c2ncccc21.[c-]1ccccc1N1[CH-]N(c2ccccc2)c2ncccc21.[c-]1ccccc1N1[CH-]N(c2ccccc2)c2ncccc21. The molecule has 0 fully saturated rings. The van der Waals surface area contributed by atoms with Crippen molar-refractivity contribution >= 4 is 137 Å². The summed E-state index contributed by atoms with van der Waals surface area (Å²) in [4.78, 5) is 52.4. The van der Waals surface area contributed by atoms with Gasteiger partial charge in [-0.2, -0.15) is 182 Å². The summed E-state index contributed by atoms with van der Waals surface area (Å²) in [7, 11) is 0. The zero-order valence-electron chi connectivity index (χ0n) is 69.4. The minimum atomic E-state index is 0. The maximum atomic E-state index is 4.53. The number of hydrogen-bond acceptors (Lipinski definition) is 18. The van der Waals surface area contributed by atoms with Crippen molar-refractivity contribution in [3.05, 3.63) is 514 Å². The van der Waals surface area contributed by atoms with Crippen LogP contribution < -0.4 is 58.8 Å². The van der Waals surface area contributed by atoms with Crippen molar-refractivity contribution < 1.29 is 80.4 Å². The molecule has 0 spiro atoms. The van der Waals surface area contributed by atoms with E-state index in [-0.39, 0.29) is 80.4 Å². The molecular formula is C108H78Ir4N18-12. The van der Waals surface area contributed by atoms with Gasteiger partial charge in [-0.1, -0.05) is 109 Å². The largest absolute Gasteiger partial charge is 0.492 e. The predicted octanol–water partition coefficient (Wildman–Crippen LogP) is 25.7. The Labute approximate surface area is 813 Å². The fraction of sp³-hybridized carbons (Fsp3) is 0. The van der Waals surface area contributed by atoms with Gasteiger partial charge < -0.3 is 58.8 Å². The van der Waals surface area contributed by atoms with Crippen LogP contribution in [0.15, 0.2) is 438 Å². The van der Waals surface area contributed by atoms with Gasteiger partial charge in [0, 0.05) is 152 Å². The summed E-state index contributed by atoms with van der Waals surface area (Å²) >= 11 is 0. The number of para-hydroxylation sites is 12. The van der Waals surface area contributed by atoms with Crippen LogP contribution in [-0.4, -0.2) is 29.9 Å². The zero-order valence-corrected chi connectivity index (χ0v) is 79.0. The van der Waals surface area contributed by atoms with E-state index in [1.54, 1.807) is 0 Å². The van der Waals surface area contributed by atoms with Crippen molar-refractivity contribution in [3.63, 3.8) is 0 Å². The molecule has 18 aromatic rings. The van der Waals surface area contributed by atoms with Crippen molar-refractivity contribution in [2.45, 2.75) is 0 Å². The van der Waals surface area contributed by atoms with Crippen molar-refractivity contribution in [2.75, 3.05) is 58.8 Å². The normalized spacial score (nSPS) is 12.9. The van der Waals surface area contributed by atoms with Crippen LogP contribution in [0.25, 0.3) is 0 Å². The van der Waals surface area contributed by atoms with E-state index in [0.717, 1.165) is 137 Å². The Morgan fingerprint density at radius 2 is 0.300 bits per heavy atom. The number of hydrogen-bond donors (Lipinski definition) is 0. The fourth-order valence-corrected chi connectivity index (χ4v) is 15.0. The Kier molecular flexibility index (Phi) is 30.6. The Balaban J connectivity index is 0.000000119. The molecule has 22 heteroatoms. The van der Waals surface area contributed by atoms with E-state index in [9.17, 15) is 0 Å². The maximum Gasteiger partial charge on any atom is 0.126 e. The first kappa shape index (κ1) is 90.5. The molecule has 4 radical (unpaired) electrons. The van der Waals surface area contributed by atoms with E-state index in [1.165, 1.54) is 0 Å². The van der Waals surface area contributed by atoms with E-state index >= 15 is 0 Å². The molecule has 130 heavy (non-hydrogen) atoms. The molecule has 0 unspecified atom stereocenters. The molecule has 0 bridgehead atoms. The molecule has 0 atom stereocenters. The second kappa shape index (κ2) is 44.0. The third-order valence-corrected chi connectivity index (χ3v) is 20.8. The molecule has 0 saturated heterocycles. The maximum absolute atomic E-state index is 4.53. The summed E-state index contributed by atoms with van der Waals surface area (Å²) in [6.07, 6.45) is 10.9. The van der Waals surface area contributed by atoms with Crippen LogP contribution in [0.1, 0.15) is 0 Å². The van der Waals surface area contributed by atoms with E-state index in [1.807, 2.05) is 328 Å². The molecule has 0 amide bonds. The van der Waals surface area contributed by atoms with Crippen LogP contribution in [0, 0.1) is 76.4 Å². The van der Waals surface area contributed by atoms with Crippen LogP contribution in [0.2, 0.25) is 0 Å². The number of nitrogens with zero attached hydrogens (tertiary/aromatic N) is 18. The molecule has 6 aliphatic heterocycles. The quantitative estimate of drug-likeness (QED) is 0.108. The van der Waals surface area contributed by atoms with E-state index in [4.69, 9.17) is 0 Å². The minimum Gasteiger partial charge on any atom is -0.492 e. The van der Waals surface area contributed by atoms with Gasteiger partial charge in [-0.25, -0.2) is 29.9 Å². The third-order valence-electron chi connectivity index (χ3n) is 20.8. The van der Waals surface area contributed by atoms with Crippen LogP contribution in [0.5, 0.6) is 0 Å². The summed E-state index contributed by atoms with van der Waals surface area (Å²) in [6.45, 7) is 12.3. The average molecular weight is 2400 g/mol. The summed E-state index contributed by atoms with van der Waals surface area (Å²) in [5, 5.41) is 0. The zero-order chi connectivity index (χ0) is 84.4. The van der Waals surface area contributed by atoms with Gasteiger partial charge >= 0.3 is 0 Å². The van der Waals surface area contributed by atoms with Crippen LogP contribution in [0.4, 0.5) is 137 Å². The van der Waals surface area contributed by atoms with E-state index in [2.05, 4.69) is 274 Å². The number of pyridine rings is 6. The molecule has 12 aromatic carbocycles. The van der Waals surface area contributed by atoms with Gasteiger partial charge in [-0.05, 0) is 146 Å². The second-order valence-electron chi connectivity index (χ2n) is 28.7. The summed E-state index contributed by atoms with van der Waals surface area (Å²) < 4.78 is 0. The van der Waals surface area contributed by atoms with E-state index < -0.39 is 0 Å². The second-order valence-corrected chi connectivity index (χ2v) is 28.7. The molecule has 6 aliphatic rings. The first-order valence-electron chi connectivity index (χ1n) is 41.0. The molecule has 24 rings (SSSR count). The van der Waals surface area contributed by atoms with E-state index in [0.29, 0.717) is 0 Å². The van der Waals surface area contributed by atoms with Crippen LogP contribution in [0.3, 0.4) is 0 Å². The topological polar surface area (TPSA) is 116 Å². The third kappa shape index (κ3) is 20.2. The fourth-order valence-electron chi connectivity index (χ4n) is 15.0. The van der Waals surface area contributed by atoms with Crippen LogP contribution >= 0.6 is 0 Å². The van der Waals surface area contributed by atoms with Gasteiger partial charge in [0.1, 0.15) is 34.9 Å². The summed E-state index contributed by atoms with van der Waals surface area (Å²) in [5.41, 5.74) is 19.0. The van der Waals surface area contributed by atoms with Gasteiger partial charge in [0.15, 0.2) is 0 Å². The average Bonchev–Trinajstić information content (AvgIpc) is 1.66. The number of benzene rings is 12. The number of anilines is 24. The molecule has 0 saturated carbocycles. The number of rotatable bonds is 12.